The van der Waals surface area contributed by atoms with Crippen LogP contribution in [0.25, 0.3) is 33.7 Å². The molecule has 0 unspecified atom stereocenters. The molecule has 2 N–H and O–H groups in total. The number of nitriles is 1. The standard InChI is InChI=1S/C20H10N4O2/c21-9-12-15-10-5-1-2-6-11(10)18(25)16(15)17(24-20(12)26)19-22-13-7-3-4-8-14(13)23-19/h1-8H,(H,22,23)(H,24,26). The van der Waals surface area contributed by atoms with E-state index in [1.165, 1.54) is 0 Å². The smallest absolute Gasteiger partial charge is 0.267 e. The molecule has 0 amide bonds. The third kappa shape index (κ3) is 1.77. The second kappa shape index (κ2) is 5.01. The summed E-state index contributed by atoms with van der Waals surface area (Å²) in [6.07, 6.45) is 0. The summed E-state index contributed by atoms with van der Waals surface area (Å²) in [7, 11) is 0. The molecule has 5 rings (SSSR count). The summed E-state index contributed by atoms with van der Waals surface area (Å²) in [5.74, 6) is 0.170. The first-order valence-electron chi connectivity index (χ1n) is 7.98. The highest BCUT2D eigenvalue weighted by Gasteiger charge is 2.34. The number of carbonyl (C=O) groups is 1. The summed E-state index contributed by atoms with van der Waals surface area (Å²) < 4.78 is 0. The van der Waals surface area contributed by atoms with Gasteiger partial charge >= 0.3 is 0 Å². The third-order valence-electron chi connectivity index (χ3n) is 4.62. The van der Waals surface area contributed by atoms with Crippen molar-refractivity contribution in [3.05, 3.63) is 75.6 Å². The van der Waals surface area contributed by atoms with Crippen LogP contribution in [0, 0.1) is 11.3 Å². The number of nitrogens with one attached hydrogen (secondary N) is 2. The number of H-pyrrole nitrogens is 2. The molecular weight excluding hydrogens is 328 g/mol. The predicted molar refractivity (Wildman–Crippen MR) is 95.7 cm³/mol. The van der Waals surface area contributed by atoms with Crippen LogP contribution in [-0.4, -0.2) is 20.7 Å². The van der Waals surface area contributed by atoms with Gasteiger partial charge in [0.1, 0.15) is 11.6 Å². The molecule has 0 bridgehead atoms. The molecule has 0 spiro atoms. The molecule has 0 atom stereocenters. The zero-order valence-corrected chi connectivity index (χ0v) is 13.3. The number of benzene rings is 2. The lowest BCUT2D eigenvalue weighted by atomic mass is 10.0. The summed E-state index contributed by atoms with van der Waals surface area (Å²) in [6, 6.07) is 16.4. The van der Waals surface area contributed by atoms with E-state index in [-0.39, 0.29) is 11.3 Å². The maximum Gasteiger partial charge on any atom is 0.267 e. The van der Waals surface area contributed by atoms with Crippen molar-refractivity contribution in [3.8, 4) is 28.7 Å². The van der Waals surface area contributed by atoms with Gasteiger partial charge in [0.05, 0.1) is 22.3 Å². The van der Waals surface area contributed by atoms with E-state index in [1.54, 1.807) is 24.3 Å². The SMILES string of the molecule is N#Cc1c2c(c(-c3nc4ccccc4[nH]3)[nH]c1=O)C(=O)c1ccccc1-2. The Bertz CT molecular complexity index is 1310. The molecule has 6 nitrogen and oxygen atoms in total. The van der Waals surface area contributed by atoms with Crippen LogP contribution in [0.15, 0.2) is 53.3 Å². The van der Waals surface area contributed by atoms with Crippen LogP contribution in [0.5, 0.6) is 0 Å². The molecule has 4 aromatic rings. The molecule has 2 aromatic carbocycles. The lowest BCUT2D eigenvalue weighted by molar-refractivity contribution is 0.104. The molecule has 2 heterocycles. The van der Waals surface area contributed by atoms with Crippen LogP contribution in [0.2, 0.25) is 0 Å². The number of hydrogen-bond donors (Lipinski definition) is 2. The van der Waals surface area contributed by atoms with Crippen LogP contribution in [0.3, 0.4) is 0 Å². The number of para-hydroxylation sites is 2. The number of fused-ring (bicyclic) bond motifs is 4. The van der Waals surface area contributed by atoms with Crippen molar-refractivity contribution in [1.29, 1.82) is 5.26 Å². The number of aromatic nitrogens is 3. The van der Waals surface area contributed by atoms with Crippen LogP contribution < -0.4 is 5.56 Å². The zero-order chi connectivity index (χ0) is 17.8. The quantitative estimate of drug-likeness (QED) is 0.490. The maximum absolute atomic E-state index is 13.0. The van der Waals surface area contributed by atoms with Crippen LogP contribution >= 0.6 is 0 Å². The van der Waals surface area contributed by atoms with Gasteiger partial charge in [-0.3, -0.25) is 9.59 Å². The molecule has 6 heteroatoms. The Morgan fingerprint density at radius 3 is 2.38 bits per heavy atom. The summed E-state index contributed by atoms with van der Waals surface area (Å²) in [4.78, 5) is 35.8. The van der Waals surface area contributed by atoms with Gasteiger partial charge in [-0.05, 0) is 17.7 Å². The fourth-order valence-corrected chi connectivity index (χ4v) is 3.49. The van der Waals surface area contributed by atoms with E-state index in [1.807, 2.05) is 30.3 Å². The van der Waals surface area contributed by atoms with Crippen molar-refractivity contribution in [2.45, 2.75) is 0 Å². The van der Waals surface area contributed by atoms with Crippen LogP contribution in [0.4, 0.5) is 0 Å². The van der Waals surface area contributed by atoms with Crippen molar-refractivity contribution < 1.29 is 4.79 Å². The topological polar surface area (TPSA) is 102 Å². The molecule has 0 aliphatic heterocycles. The highest BCUT2D eigenvalue weighted by molar-refractivity contribution is 6.24. The lowest BCUT2D eigenvalue weighted by Gasteiger charge is -2.06. The average molecular weight is 338 g/mol. The van der Waals surface area contributed by atoms with Gasteiger partial charge < -0.3 is 9.97 Å². The van der Waals surface area contributed by atoms with Gasteiger partial charge in [0.15, 0.2) is 11.6 Å². The van der Waals surface area contributed by atoms with Crippen LogP contribution in [0.1, 0.15) is 21.5 Å². The zero-order valence-electron chi connectivity index (χ0n) is 13.3. The number of rotatable bonds is 1. The van der Waals surface area contributed by atoms with Crippen molar-refractivity contribution in [3.63, 3.8) is 0 Å². The Labute approximate surface area is 146 Å². The molecule has 122 valence electrons. The van der Waals surface area contributed by atoms with E-state index in [9.17, 15) is 14.9 Å². The molecule has 0 radical (unpaired) electrons. The van der Waals surface area contributed by atoms with Crippen LogP contribution in [-0.2, 0) is 0 Å². The Balaban J connectivity index is 1.90. The highest BCUT2D eigenvalue weighted by atomic mass is 16.1. The summed E-state index contributed by atoms with van der Waals surface area (Å²) in [5.41, 5.74) is 3.01. The van der Waals surface area contributed by atoms with E-state index in [4.69, 9.17) is 0 Å². The molecule has 0 fully saturated rings. The maximum atomic E-state index is 13.0. The number of imidazole rings is 1. The third-order valence-corrected chi connectivity index (χ3v) is 4.62. The number of aromatic amines is 2. The van der Waals surface area contributed by atoms with E-state index < -0.39 is 5.56 Å². The van der Waals surface area contributed by atoms with E-state index in [2.05, 4.69) is 15.0 Å². The van der Waals surface area contributed by atoms with Crippen molar-refractivity contribution in [1.82, 2.24) is 15.0 Å². The number of carbonyl (C=O) groups excluding carboxylic acids is 1. The van der Waals surface area contributed by atoms with Gasteiger partial charge in [-0.15, -0.1) is 0 Å². The van der Waals surface area contributed by atoms with Gasteiger partial charge in [0, 0.05) is 11.1 Å². The number of pyridine rings is 1. The molecule has 0 saturated heterocycles. The lowest BCUT2D eigenvalue weighted by Crippen LogP contribution is -2.16. The minimum atomic E-state index is -0.536. The van der Waals surface area contributed by atoms with Gasteiger partial charge in [0.25, 0.3) is 5.56 Å². The summed E-state index contributed by atoms with van der Waals surface area (Å²) in [6.45, 7) is 0. The molecule has 1 aliphatic carbocycles. The Morgan fingerprint density at radius 1 is 0.885 bits per heavy atom. The van der Waals surface area contributed by atoms with Crippen molar-refractivity contribution in [2.24, 2.45) is 0 Å². The monoisotopic (exact) mass is 338 g/mol. The Hall–Kier alpha value is -3.98. The minimum absolute atomic E-state index is 0.0573. The fraction of sp³-hybridized carbons (Fsp3) is 0. The molecule has 1 aliphatic rings. The van der Waals surface area contributed by atoms with Crippen molar-refractivity contribution >= 4 is 16.8 Å². The first kappa shape index (κ1) is 14.4. The molecule has 0 saturated carbocycles. The fourth-order valence-electron chi connectivity index (χ4n) is 3.49. The summed E-state index contributed by atoms with van der Waals surface area (Å²) in [5, 5.41) is 9.47. The van der Waals surface area contributed by atoms with Gasteiger partial charge in [-0.1, -0.05) is 36.4 Å². The Morgan fingerprint density at radius 2 is 1.62 bits per heavy atom. The normalized spacial score (nSPS) is 12.0. The minimum Gasteiger partial charge on any atom is -0.337 e. The number of hydrogen-bond acceptors (Lipinski definition) is 4. The van der Waals surface area contributed by atoms with E-state index in [0.29, 0.717) is 33.8 Å². The second-order valence-corrected chi connectivity index (χ2v) is 6.04. The largest absolute Gasteiger partial charge is 0.337 e. The van der Waals surface area contributed by atoms with Crippen molar-refractivity contribution in [2.75, 3.05) is 0 Å². The first-order valence-corrected chi connectivity index (χ1v) is 7.98. The number of ketones is 1. The van der Waals surface area contributed by atoms with Gasteiger partial charge in [-0.25, -0.2) is 4.98 Å². The first-order chi connectivity index (χ1) is 12.7. The number of nitrogens with zero attached hydrogens (tertiary/aromatic N) is 2. The molecule has 2 aromatic heterocycles. The molecule has 26 heavy (non-hydrogen) atoms. The molecular formula is C20H10N4O2. The average Bonchev–Trinajstić information content (AvgIpc) is 3.22. The van der Waals surface area contributed by atoms with Gasteiger partial charge in [-0.2, -0.15) is 5.26 Å². The summed E-state index contributed by atoms with van der Waals surface area (Å²) >= 11 is 0. The second-order valence-electron chi connectivity index (χ2n) is 6.04. The van der Waals surface area contributed by atoms with E-state index in [0.717, 1.165) is 11.0 Å². The van der Waals surface area contributed by atoms with E-state index >= 15 is 0 Å². The predicted octanol–water partition coefficient (Wildman–Crippen LogP) is 3.00. The Kier molecular flexibility index (Phi) is 2.77. The van der Waals surface area contributed by atoms with Gasteiger partial charge in [0.2, 0.25) is 0 Å². The highest BCUT2D eigenvalue weighted by Crippen LogP contribution is 2.41.